The van der Waals surface area contributed by atoms with Gasteiger partial charge in [-0.2, -0.15) is 0 Å². The van der Waals surface area contributed by atoms with Crippen molar-refractivity contribution in [2.24, 2.45) is 0 Å². The summed E-state index contributed by atoms with van der Waals surface area (Å²) in [5.74, 6) is -2.04. The van der Waals surface area contributed by atoms with Gasteiger partial charge in [0.25, 0.3) is 0 Å². The molecule has 6 nitrogen and oxygen atoms in total. The molecule has 2 aromatic carbocycles. The predicted molar refractivity (Wildman–Crippen MR) is 72.1 cm³/mol. The van der Waals surface area contributed by atoms with Crippen LogP contribution in [0, 0.1) is 0 Å². The van der Waals surface area contributed by atoms with E-state index in [4.69, 9.17) is 4.74 Å². The Morgan fingerprint density at radius 1 is 0.952 bits per heavy atom. The summed E-state index contributed by atoms with van der Waals surface area (Å²) in [6, 6.07) is 6.22. The Morgan fingerprint density at radius 3 is 2.38 bits per heavy atom. The van der Waals surface area contributed by atoms with Gasteiger partial charge < -0.3 is 25.2 Å². The quantitative estimate of drug-likeness (QED) is 0.638. The summed E-state index contributed by atoms with van der Waals surface area (Å²) in [6.07, 6.45) is 0. The fraction of sp³-hybridized carbons (Fsp3) is 0.133. The normalized spacial score (nSPS) is 17.1. The first-order valence-corrected chi connectivity index (χ1v) is 6.22. The van der Waals surface area contributed by atoms with Crippen molar-refractivity contribution in [1.82, 2.24) is 0 Å². The summed E-state index contributed by atoms with van der Waals surface area (Å²) in [5, 5.41) is 38.4. The number of hydrogen-bond donors (Lipinski definition) is 4. The van der Waals surface area contributed by atoms with E-state index in [1.165, 1.54) is 18.2 Å². The van der Waals surface area contributed by atoms with Gasteiger partial charge >= 0.3 is 0 Å². The zero-order valence-corrected chi connectivity index (χ0v) is 10.8. The molecule has 0 saturated heterocycles. The molecule has 1 atom stereocenters. The molecule has 4 N–H and O–H groups in total. The molecule has 0 radical (unpaired) electrons. The summed E-state index contributed by atoms with van der Waals surface area (Å²) in [7, 11) is 0. The van der Waals surface area contributed by atoms with Crippen LogP contribution in [0.3, 0.4) is 0 Å². The molecule has 3 rings (SSSR count). The van der Waals surface area contributed by atoms with Crippen LogP contribution in [0.15, 0.2) is 30.3 Å². The van der Waals surface area contributed by atoms with E-state index in [2.05, 4.69) is 0 Å². The number of carbonyl (C=O) groups excluding carboxylic acids is 1. The third-order valence-electron chi connectivity index (χ3n) is 3.42. The van der Waals surface area contributed by atoms with Crippen molar-refractivity contribution in [2.75, 3.05) is 6.61 Å². The number of phenolic OH excluding ortho intramolecular Hbond substituents is 4. The molecule has 108 valence electrons. The average molecular weight is 288 g/mol. The van der Waals surface area contributed by atoms with Crippen molar-refractivity contribution >= 4 is 5.78 Å². The maximum Gasteiger partial charge on any atom is 0.181 e. The third kappa shape index (κ3) is 2.10. The molecule has 1 unspecified atom stereocenters. The first-order valence-electron chi connectivity index (χ1n) is 6.22. The van der Waals surface area contributed by atoms with Crippen molar-refractivity contribution in [3.8, 4) is 28.7 Å². The van der Waals surface area contributed by atoms with E-state index in [-0.39, 0.29) is 40.9 Å². The van der Waals surface area contributed by atoms with E-state index in [0.29, 0.717) is 5.56 Å². The van der Waals surface area contributed by atoms with Crippen LogP contribution in [-0.2, 0) is 0 Å². The molecule has 1 aliphatic rings. The van der Waals surface area contributed by atoms with Crippen LogP contribution >= 0.6 is 0 Å². The van der Waals surface area contributed by atoms with Crippen molar-refractivity contribution in [3.05, 3.63) is 41.5 Å². The second kappa shape index (κ2) is 4.59. The first-order chi connectivity index (χ1) is 9.97. The fourth-order valence-corrected chi connectivity index (χ4v) is 2.43. The Bertz CT molecular complexity index is 737. The average Bonchev–Trinajstić information content (AvgIpc) is 2.39. The van der Waals surface area contributed by atoms with Crippen molar-refractivity contribution in [2.45, 2.75) is 5.92 Å². The SMILES string of the molecule is O=C1c2c(O)cc(O)cc2OCC1c1ccc(O)cc1O. The van der Waals surface area contributed by atoms with Gasteiger partial charge in [-0.1, -0.05) is 6.07 Å². The van der Waals surface area contributed by atoms with E-state index in [1.807, 2.05) is 0 Å². The first kappa shape index (κ1) is 13.1. The van der Waals surface area contributed by atoms with Crippen LogP contribution in [-0.4, -0.2) is 32.8 Å². The molecule has 6 heteroatoms. The van der Waals surface area contributed by atoms with Gasteiger partial charge in [0.15, 0.2) is 5.78 Å². The summed E-state index contributed by atoms with van der Waals surface area (Å²) >= 11 is 0. The highest BCUT2D eigenvalue weighted by atomic mass is 16.5. The summed E-state index contributed by atoms with van der Waals surface area (Å²) in [4.78, 5) is 12.5. The molecule has 0 aliphatic carbocycles. The molecule has 0 bridgehead atoms. The van der Waals surface area contributed by atoms with Gasteiger partial charge in [0, 0.05) is 23.8 Å². The standard InChI is InChI=1S/C15H12O6/c16-7-1-2-9(11(18)3-7)10-6-21-13-5-8(17)4-12(19)14(13)15(10)20/h1-5,10,16-19H,6H2. The van der Waals surface area contributed by atoms with E-state index in [1.54, 1.807) is 0 Å². The van der Waals surface area contributed by atoms with E-state index >= 15 is 0 Å². The molecule has 1 aliphatic heterocycles. The van der Waals surface area contributed by atoms with E-state index < -0.39 is 11.7 Å². The molecule has 2 aromatic rings. The molecule has 0 amide bonds. The summed E-state index contributed by atoms with van der Waals surface area (Å²) in [6.45, 7) is -0.0347. The lowest BCUT2D eigenvalue weighted by Crippen LogP contribution is -2.26. The Labute approximate surface area is 119 Å². The number of hydrogen-bond acceptors (Lipinski definition) is 6. The van der Waals surface area contributed by atoms with Gasteiger partial charge in [-0.15, -0.1) is 0 Å². The van der Waals surface area contributed by atoms with Gasteiger partial charge in [0.2, 0.25) is 0 Å². The Morgan fingerprint density at radius 2 is 1.67 bits per heavy atom. The topological polar surface area (TPSA) is 107 Å². The molecule has 0 spiro atoms. The number of ketones is 1. The number of rotatable bonds is 1. The third-order valence-corrected chi connectivity index (χ3v) is 3.42. The van der Waals surface area contributed by atoms with Crippen LogP contribution in [0.4, 0.5) is 0 Å². The van der Waals surface area contributed by atoms with Crippen LogP contribution in [0.1, 0.15) is 21.8 Å². The number of aromatic hydroxyl groups is 4. The molecular formula is C15H12O6. The van der Waals surface area contributed by atoms with Gasteiger partial charge in [-0.3, -0.25) is 4.79 Å². The van der Waals surface area contributed by atoms with Crippen LogP contribution in [0.25, 0.3) is 0 Å². The number of ether oxygens (including phenoxy) is 1. The zero-order chi connectivity index (χ0) is 15.1. The Kier molecular flexibility index (Phi) is 2.86. The lowest BCUT2D eigenvalue weighted by atomic mass is 9.88. The van der Waals surface area contributed by atoms with E-state index in [0.717, 1.165) is 12.1 Å². The molecule has 0 saturated carbocycles. The molecule has 0 aromatic heterocycles. The molecule has 1 heterocycles. The molecule has 0 fully saturated rings. The van der Waals surface area contributed by atoms with Crippen LogP contribution in [0.5, 0.6) is 28.7 Å². The van der Waals surface area contributed by atoms with Gasteiger partial charge in [0.05, 0.1) is 5.92 Å². The lowest BCUT2D eigenvalue weighted by Gasteiger charge is -2.25. The highest BCUT2D eigenvalue weighted by Crippen LogP contribution is 2.42. The summed E-state index contributed by atoms with van der Waals surface area (Å²) < 4.78 is 5.39. The lowest BCUT2D eigenvalue weighted by molar-refractivity contribution is 0.0890. The molecular weight excluding hydrogens is 276 g/mol. The minimum atomic E-state index is -0.798. The maximum atomic E-state index is 12.5. The van der Waals surface area contributed by atoms with Crippen LogP contribution in [0.2, 0.25) is 0 Å². The maximum absolute atomic E-state index is 12.5. The van der Waals surface area contributed by atoms with Gasteiger partial charge in [0.1, 0.15) is 40.9 Å². The van der Waals surface area contributed by atoms with Crippen molar-refractivity contribution < 1.29 is 30.0 Å². The van der Waals surface area contributed by atoms with Gasteiger partial charge in [-0.25, -0.2) is 0 Å². The molecule has 21 heavy (non-hydrogen) atoms. The monoisotopic (exact) mass is 288 g/mol. The number of benzene rings is 2. The predicted octanol–water partition coefficient (Wildman–Crippen LogP) is 1.87. The van der Waals surface area contributed by atoms with Gasteiger partial charge in [-0.05, 0) is 6.07 Å². The van der Waals surface area contributed by atoms with Crippen molar-refractivity contribution in [1.29, 1.82) is 0 Å². The largest absolute Gasteiger partial charge is 0.508 e. The number of Topliss-reactive ketones (excluding diaryl/α,β-unsaturated/α-hetero) is 1. The zero-order valence-electron chi connectivity index (χ0n) is 10.8. The minimum Gasteiger partial charge on any atom is -0.508 e. The highest BCUT2D eigenvalue weighted by Gasteiger charge is 2.34. The van der Waals surface area contributed by atoms with Crippen molar-refractivity contribution in [3.63, 3.8) is 0 Å². The smallest absolute Gasteiger partial charge is 0.181 e. The number of fused-ring (bicyclic) bond motifs is 1. The van der Waals surface area contributed by atoms with E-state index in [9.17, 15) is 25.2 Å². The minimum absolute atomic E-state index is 0.0310. The highest BCUT2D eigenvalue weighted by molar-refractivity contribution is 6.06. The van der Waals surface area contributed by atoms with Crippen LogP contribution < -0.4 is 4.74 Å². The summed E-state index contributed by atoms with van der Waals surface area (Å²) in [5.41, 5.74) is 0.271. The Balaban J connectivity index is 2.07. The second-order valence-corrected chi connectivity index (χ2v) is 4.81. The number of carbonyl (C=O) groups is 1. The second-order valence-electron chi connectivity index (χ2n) is 4.81. The number of phenols is 4. The Hall–Kier alpha value is -2.89. The fourth-order valence-electron chi connectivity index (χ4n) is 2.43.